The average molecular weight is 690 g/mol. The number of hydrogen-bond acceptors (Lipinski definition) is 8. The van der Waals surface area contributed by atoms with Crippen molar-refractivity contribution in [2.24, 2.45) is 0 Å². The van der Waals surface area contributed by atoms with Crippen LogP contribution in [0.1, 0.15) is 38.1 Å². The van der Waals surface area contributed by atoms with Crippen LogP contribution in [0, 0.1) is 6.92 Å². The van der Waals surface area contributed by atoms with Gasteiger partial charge in [0, 0.05) is 28.7 Å². The lowest BCUT2D eigenvalue weighted by Gasteiger charge is -2.33. The first-order valence-corrected chi connectivity index (χ1v) is 17.2. The minimum atomic E-state index is -3.87. The minimum absolute atomic E-state index is 0. The van der Waals surface area contributed by atoms with Crippen LogP contribution in [-0.2, 0) is 10.1 Å². The summed E-state index contributed by atoms with van der Waals surface area (Å²) in [5.74, 6) is 1.84. The molecule has 6 rings (SSSR count). The molecule has 1 atom stereocenters. The highest BCUT2D eigenvalue weighted by Crippen LogP contribution is 2.43. The second kappa shape index (κ2) is 14.9. The number of benzene rings is 3. The van der Waals surface area contributed by atoms with E-state index in [1.54, 1.807) is 6.08 Å². The predicted octanol–water partition coefficient (Wildman–Crippen LogP) is 8.10. The summed E-state index contributed by atoms with van der Waals surface area (Å²) >= 11 is 12.3. The summed E-state index contributed by atoms with van der Waals surface area (Å²) in [6.45, 7) is 9.80. The van der Waals surface area contributed by atoms with Gasteiger partial charge in [0.2, 0.25) is 5.89 Å². The Morgan fingerprint density at radius 3 is 2.61 bits per heavy atom. The van der Waals surface area contributed by atoms with Crippen molar-refractivity contribution in [1.82, 2.24) is 9.47 Å². The van der Waals surface area contributed by atoms with Crippen LogP contribution >= 0.6 is 23.2 Å². The Balaban J connectivity index is 0.000000205. The van der Waals surface area contributed by atoms with Gasteiger partial charge in [-0.3, -0.25) is 9.04 Å². The SMILES string of the molecule is CCN1C[N+](CC)(CCCCS(=O)(=O)O)c2cc(Cl)ccc21.Cc1cc2oc(C=CC=C3Nc4ccccc4O3)nc2cc1Cl.[OH-]. The fourth-order valence-corrected chi connectivity index (χ4v) is 6.47. The third kappa shape index (κ3) is 8.22. The normalized spacial score (nSPS) is 17.7. The number of para-hydroxylation sites is 2. The van der Waals surface area contributed by atoms with Crippen LogP contribution in [0.3, 0.4) is 0 Å². The zero-order chi connectivity index (χ0) is 32.2. The number of ether oxygens (including phenoxy) is 1. The van der Waals surface area contributed by atoms with Gasteiger partial charge in [-0.05, 0) is 81.7 Å². The zero-order valence-electron chi connectivity index (χ0n) is 25.9. The number of allylic oxidation sites excluding steroid dienone is 2. The number of aromatic nitrogens is 1. The van der Waals surface area contributed by atoms with Gasteiger partial charge < -0.3 is 24.8 Å². The molecule has 0 saturated carbocycles. The summed E-state index contributed by atoms with van der Waals surface area (Å²) in [5, 5.41) is 4.59. The van der Waals surface area contributed by atoms with Crippen LogP contribution in [0.2, 0.25) is 10.0 Å². The van der Waals surface area contributed by atoms with E-state index in [1.165, 1.54) is 11.4 Å². The third-order valence-corrected chi connectivity index (χ3v) is 9.44. The number of quaternary nitrogens is 1. The molecule has 3 aromatic carbocycles. The molecule has 13 heteroatoms. The van der Waals surface area contributed by atoms with E-state index in [4.69, 9.17) is 36.9 Å². The lowest BCUT2D eigenvalue weighted by atomic mass is 10.2. The van der Waals surface area contributed by atoms with Crippen molar-refractivity contribution < 1.29 is 27.6 Å². The maximum Gasteiger partial charge on any atom is 0.264 e. The fraction of sp³-hybridized carbons (Fsp3) is 0.303. The van der Waals surface area contributed by atoms with Crippen molar-refractivity contribution in [3.8, 4) is 5.75 Å². The summed E-state index contributed by atoms with van der Waals surface area (Å²) in [5.41, 5.74) is 5.82. The summed E-state index contributed by atoms with van der Waals surface area (Å²) < 4.78 is 42.7. The van der Waals surface area contributed by atoms with Crippen LogP contribution in [-0.4, -0.2) is 55.5 Å². The number of aryl methyl sites for hydroxylation is 1. The smallest absolute Gasteiger partial charge is 0.264 e. The van der Waals surface area contributed by atoms with Gasteiger partial charge in [-0.1, -0.05) is 41.4 Å². The van der Waals surface area contributed by atoms with Gasteiger partial charge in [0.05, 0.1) is 24.5 Å². The van der Waals surface area contributed by atoms with E-state index in [-0.39, 0.29) is 11.2 Å². The van der Waals surface area contributed by atoms with Crippen LogP contribution in [0.15, 0.2) is 77.0 Å². The third-order valence-electron chi connectivity index (χ3n) is 7.99. The van der Waals surface area contributed by atoms with Crippen molar-refractivity contribution in [2.75, 3.05) is 42.3 Å². The van der Waals surface area contributed by atoms with E-state index in [1.807, 2.05) is 67.6 Å². The molecule has 1 aromatic heterocycles. The Bertz CT molecular complexity index is 1790. The van der Waals surface area contributed by atoms with E-state index in [2.05, 4.69) is 35.1 Å². The van der Waals surface area contributed by atoms with Crippen molar-refractivity contribution in [1.29, 1.82) is 0 Å². The molecule has 0 radical (unpaired) electrons. The van der Waals surface area contributed by atoms with Crippen molar-refractivity contribution in [3.63, 3.8) is 0 Å². The Morgan fingerprint density at radius 2 is 1.89 bits per heavy atom. The number of unbranched alkanes of at least 4 members (excludes halogenated alkanes) is 1. The van der Waals surface area contributed by atoms with E-state index < -0.39 is 10.1 Å². The lowest BCUT2D eigenvalue weighted by molar-refractivity contribution is 0.299. The van der Waals surface area contributed by atoms with Gasteiger partial charge in [-0.15, -0.1) is 0 Å². The first-order valence-electron chi connectivity index (χ1n) is 14.9. The molecule has 0 spiro atoms. The fourth-order valence-electron chi connectivity index (χ4n) is 5.58. The first-order chi connectivity index (χ1) is 21.5. The van der Waals surface area contributed by atoms with E-state index in [0.29, 0.717) is 23.2 Å². The van der Waals surface area contributed by atoms with Crippen LogP contribution in [0.4, 0.5) is 17.1 Å². The molecule has 2 aliphatic heterocycles. The average Bonchev–Trinajstić information content (AvgIpc) is 3.68. The molecular weight excluding hydrogens is 651 g/mol. The number of hydrogen-bond donors (Lipinski definition) is 2. The highest BCUT2D eigenvalue weighted by molar-refractivity contribution is 7.85. The Morgan fingerprint density at radius 1 is 1.11 bits per heavy atom. The highest BCUT2D eigenvalue weighted by Gasteiger charge is 2.40. The number of fused-ring (bicyclic) bond motifs is 3. The number of halogens is 2. The van der Waals surface area contributed by atoms with E-state index in [9.17, 15) is 8.42 Å². The molecule has 0 saturated heterocycles. The van der Waals surface area contributed by atoms with Gasteiger partial charge in [0.25, 0.3) is 10.1 Å². The Labute approximate surface area is 279 Å². The monoisotopic (exact) mass is 688 g/mol. The quantitative estimate of drug-likeness (QED) is 0.102. The standard InChI is InChI=1S/C18H13ClN2O2.C15H23ClN2O3S.H2O/c1-11-9-16-14(10-12(11)19)21-18(23-16)8-4-7-17-20-13-5-2-3-6-15(13)22-17;1-3-17-12-18(4-2,9-5-6-10-22(19,20)21)15-11-13(16)7-8-14(15)17;/h2-10,20H,1H3;7-8,11H,3-6,9-10,12H2,1-2H3;1H2. The van der Waals surface area contributed by atoms with Crippen LogP contribution < -0.4 is 19.4 Å². The molecule has 3 N–H and O–H groups in total. The second-order valence-electron chi connectivity index (χ2n) is 11.0. The van der Waals surface area contributed by atoms with Crippen LogP contribution in [0.25, 0.3) is 17.2 Å². The molecule has 4 aromatic rings. The van der Waals surface area contributed by atoms with Gasteiger partial charge in [0.1, 0.15) is 11.2 Å². The molecule has 10 nitrogen and oxygen atoms in total. The Kier molecular flexibility index (Phi) is 11.4. The maximum absolute atomic E-state index is 10.8. The molecule has 246 valence electrons. The molecule has 0 aliphatic carbocycles. The second-order valence-corrected chi connectivity index (χ2v) is 13.5. The molecule has 0 bridgehead atoms. The lowest BCUT2D eigenvalue weighted by Crippen LogP contribution is -2.51. The van der Waals surface area contributed by atoms with Crippen molar-refractivity contribution in [3.05, 3.63) is 94.1 Å². The van der Waals surface area contributed by atoms with Crippen molar-refractivity contribution in [2.45, 2.75) is 33.6 Å². The molecule has 3 heterocycles. The first kappa shape index (κ1) is 35.3. The molecule has 0 amide bonds. The molecule has 1 unspecified atom stereocenters. The van der Waals surface area contributed by atoms with Gasteiger partial charge in [-0.2, -0.15) is 8.42 Å². The summed E-state index contributed by atoms with van der Waals surface area (Å²) in [6.07, 6.45) is 6.66. The summed E-state index contributed by atoms with van der Waals surface area (Å²) in [4.78, 5) is 6.72. The molecular formula is C33H38Cl2N4O6S. The zero-order valence-corrected chi connectivity index (χ0v) is 28.2. The highest BCUT2D eigenvalue weighted by atomic mass is 35.5. The number of nitrogens with zero attached hydrogens (tertiary/aromatic N) is 3. The summed E-state index contributed by atoms with van der Waals surface area (Å²) in [7, 11) is -3.87. The van der Waals surface area contributed by atoms with Gasteiger partial charge >= 0.3 is 0 Å². The van der Waals surface area contributed by atoms with Crippen molar-refractivity contribution >= 4 is 67.6 Å². The minimum Gasteiger partial charge on any atom is -0.870 e. The van der Waals surface area contributed by atoms with Crippen LogP contribution in [0.5, 0.6) is 5.75 Å². The number of anilines is 2. The summed E-state index contributed by atoms with van der Waals surface area (Å²) in [6, 6.07) is 17.5. The number of oxazole rings is 1. The number of nitrogens with one attached hydrogen (secondary N) is 1. The predicted molar refractivity (Wildman–Crippen MR) is 186 cm³/mol. The van der Waals surface area contributed by atoms with E-state index in [0.717, 1.165) is 70.3 Å². The largest absolute Gasteiger partial charge is 0.870 e. The van der Waals surface area contributed by atoms with Gasteiger partial charge in [-0.25, -0.2) is 4.98 Å². The molecule has 2 aliphatic rings. The molecule has 0 fully saturated rings. The van der Waals surface area contributed by atoms with E-state index >= 15 is 0 Å². The van der Waals surface area contributed by atoms with Gasteiger partial charge in [0.15, 0.2) is 29.6 Å². The topological polar surface area (TPSA) is 135 Å². The maximum atomic E-state index is 10.8. The Hall–Kier alpha value is -3.58. The molecule has 46 heavy (non-hydrogen) atoms. The number of rotatable bonds is 9.